The normalized spacial score (nSPS) is 25.5. The van der Waals surface area contributed by atoms with Crippen molar-refractivity contribution in [2.24, 2.45) is 5.41 Å². The van der Waals surface area contributed by atoms with E-state index >= 15 is 0 Å². The molecule has 2 N–H and O–H groups in total. The number of urea groups is 1. The lowest BCUT2D eigenvalue weighted by Crippen LogP contribution is -2.65. The molecular weight excluding hydrogens is 522 g/mol. The maximum absolute atomic E-state index is 13.6. The molecule has 3 atom stereocenters. The van der Waals surface area contributed by atoms with Gasteiger partial charge >= 0.3 is 6.03 Å². The summed E-state index contributed by atoms with van der Waals surface area (Å²) >= 11 is 0. The Morgan fingerprint density at radius 3 is 2.51 bits per heavy atom. The van der Waals surface area contributed by atoms with E-state index in [1.54, 1.807) is 36.3 Å². The molecular formula is C30H33N7O4. The number of aryl methyl sites for hydroxylation is 1. The highest BCUT2D eigenvalue weighted by Crippen LogP contribution is 2.59. The number of amides is 3. The van der Waals surface area contributed by atoms with Crippen LogP contribution in [0.15, 0.2) is 42.6 Å². The van der Waals surface area contributed by atoms with E-state index < -0.39 is 11.6 Å². The van der Waals surface area contributed by atoms with E-state index in [0.717, 1.165) is 37.1 Å². The number of nitrogens with zero attached hydrogens (tertiary/aromatic N) is 5. The van der Waals surface area contributed by atoms with Crippen molar-refractivity contribution in [3.05, 3.63) is 53.7 Å². The minimum atomic E-state index is -0.628. The third-order valence-corrected chi connectivity index (χ3v) is 8.62. The number of hydrogen-bond acceptors (Lipinski definition) is 8. The fourth-order valence-corrected chi connectivity index (χ4v) is 6.45. The number of likely N-dealkylation sites (N-methyl/N-ethyl adjacent to an activating group) is 1. The van der Waals surface area contributed by atoms with Gasteiger partial charge in [0.2, 0.25) is 11.8 Å². The molecule has 1 saturated carbocycles. The maximum atomic E-state index is 13.6. The second-order valence-corrected chi connectivity index (χ2v) is 12.2. The number of aromatic nitrogens is 3. The number of carbonyl (C=O) groups excluding carboxylic acids is 2. The molecule has 2 aromatic heterocycles. The van der Waals surface area contributed by atoms with Crippen LogP contribution in [-0.2, 0) is 4.74 Å². The molecule has 3 amide bonds. The predicted octanol–water partition coefficient (Wildman–Crippen LogP) is 4.10. The minimum absolute atomic E-state index is 0.193. The average Bonchev–Trinajstić information content (AvgIpc) is 3.26. The van der Waals surface area contributed by atoms with E-state index in [9.17, 15) is 9.59 Å². The van der Waals surface area contributed by atoms with E-state index in [-0.39, 0.29) is 17.4 Å². The molecule has 11 heteroatoms. The topological polar surface area (TPSA) is 122 Å². The van der Waals surface area contributed by atoms with Crippen molar-refractivity contribution in [3.8, 4) is 17.1 Å². The Labute approximate surface area is 238 Å². The van der Waals surface area contributed by atoms with Crippen LogP contribution in [0, 0.1) is 12.3 Å². The van der Waals surface area contributed by atoms with Gasteiger partial charge in [-0.15, -0.1) is 0 Å². The van der Waals surface area contributed by atoms with Crippen LogP contribution in [0.2, 0.25) is 0 Å². The van der Waals surface area contributed by atoms with Gasteiger partial charge in [0.15, 0.2) is 0 Å². The summed E-state index contributed by atoms with van der Waals surface area (Å²) in [7, 11) is 1.76. The van der Waals surface area contributed by atoms with Crippen molar-refractivity contribution in [2.75, 3.05) is 42.2 Å². The molecule has 1 aromatic carbocycles. The van der Waals surface area contributed by atoms with Crippen LogP contribution in [0.25, 0.3) is 11.3 Å². The molecule has 3 unspecified atom stereocenters. The number of carbonyl (C=O) groups is 2. The SMILES string of the molecule is Cc1ccc(NC(=O)Nc2ccc(-c3nc(N4CC5OC6CCC65C4)nc4c3C(=O)N(C)CC(C)(C)O4)cc2)nc1. The van der Waals surface area contributed by atoms with Gasteiger partial charge in [-0.1, -0.05) is 18.2 Å². The van der Waals surface area contributed by atoms with Crippen LogP contribution in [0.1, 0.15) is 42.6 Å². The van der Waals surface area contributed by atoms with Gasteiger partial charge in [0, 0.05) is 43.0 Å². The molecule has 4 aliphatic rings. The van der Waals surface area contributed by atoms with E-state index in [1.807, 2.05) is 39.0 Å². The van der Waals surface area contributed by atoms with Gasteiger partial charge in [-0.05, 0) is 57.4 Å². The molecule has 212 valence electrons. The molecule has 3 aliphatic heterocycles. The number of benzene rings is 1. The van der Waals surface area contributed by atoms with Gasteiger partial charge < -0.3 is 24.6 Å². The van der Waals surface area contributed by atoms with Crippen LogP contribution in [0.3, 0.4) is 0 Å². The molecule has 3 aromatic rings. The van der Waals surface area contributed by atoms with Crippen molar-refractivity contribution in [1.29, 1.82) is 0 Å². The summed E-state index contributed by atoms with van der Waals surface area (Å²) in [5, 5.41) is 5.55. The lowest BCUT2D eigenvalue weighted by Gasteiger charge is -2.59. The number of rotatable bonds is 4. The zero-order chi connectivity index (χ0) is 28.5. The Balaban J connectivity index is 1.20. The third-order valence-electron chi connectivity index (χ3n) is 8.62. The first-order valence-corrected chi connectivity index (χ1v) is 14.0. The summed E-state index contributed by atoms with van der Waals surface area (Å²) in [5.41, 5.74) is 2.73. The third kappa shape index (κ3) is 4.35. The van der Waals surface area contributed by atoms with Crippen LogP contribution in [-0.4, -0.2) is 76.3 Å². The first-order valence-electron chi connectivity index (χ1n) is 14.0. The predicted molar refractivity (Wildman–Crippen MR) is 153 cm³/mol. The molecule has 11 nitrogen and oxygen atoms in total. The largest absolute Gasteiger partial charge is 0.469 e. The number of fused-ring (bicyclic) bond motifs is 1. The molecule has 3 fully saturated rings. The van der Waals surface area contributed by atoms with E-state index in [0.29, 0.717) is 47.2 Å². The summed E-state index contributed by atoms with van der Waals surface area (Å²) < 4.78 is 12.4. The number of pyridine rings is 1. The monoisotopic (exact) mass is 555 g/mol. The Morgan fingerprint density at radius 2 is 1.85 bits per heavy atom. The summed E-state index contributed by atoms with van der Waals surface area (Å²) in [6, 6.07) is 10.5. The van der Waals surface area contributed by atoms with Crippen LogP contribution < -0.4 is 20.3 Å². The molecule has 0 bridgehead atoms. The number of nitrogens with one attached hydrogen (secondary N) is 2. The highest BCUT2D eigenvalue weighted by Gasteiger charge is 2.66. The second-order valence-electron chi connectivity index (χ2n) is 12.2. The Morgan fingerprint density at radius 1 is 1.05 bits per heavy atom. The molecule has 1 spiro atoms. The number of anilines is 3. The lowest BCUT2D eigenvalue weighted by atomic mass is 9.60. The first-order chi connectivity index (χ1) is 19.6. The fourth-order valence-electron chi connectivity index (χ4n) is 6.45. The van der Waals surface area contributed by atoms with E-state index in [2.05, 4.69) is 20.5 Å². The van der Waals surface area contributed by atoms with Crippen LogP contribution in [0.5, 0.6) is 5.88 Å². The van der Waals surface area contributed by atoms with Gasteiger partial charge in [-0.25, -0.2) is 14.8 Å². The summed E-state index contributed by atoms with van der Waals surface area (Å²) in [6.07, 6.45) is 4.49. The number of hydrogen-bond donors (Lipinski definition) is 2. The molecule has 5 heterocycles. The zero-order valence-corrected chi connectivity index (χ0v) is 23.6. The average molecular weight is 556 g/mol. The molecule has 2 saturated heterocycles. The number of ether oxygens (including phenoxy) is 2. The first kappa shape index (κ1) is 25.7. The molecule has 7 rings (SSSR count). The van der Waals surface area contributed by atoms with Crippen molar-refractivity contribution >= 4 is 29.4 Å². The van der Waals surface area contributed by atoms with Crippen LogP contribution >= 0.6 is 0 Å². The molecule has 41 heavy (non-hydrogen) atoms. The van der Waals surface area contributed by atoms with Gasteiger partial charge in [-0.2, -0.15) is 4.98 Å². The van der Waals surface area contributed by atoms with Crippen molar-refractivity contribution in [3.63, 3.8) is 0 Å². The highest BCUT2D eigenvalue weighted by atomic mass is 16.5. The summed E-state index contributed by atoms with van der Waals surface area (Å²) in [6.45, 7) is 7.81. The van der Waals surface area contributed by atoms with Crippen LogP contribution in [0.4, 0.5) is 22.2 Å². The highest BCUT2D eigenvalue weighted by molar-refractivity contribution is 6.03. The Bertz CT molecular complexity index is 1540. The van der Waals surface area contributed by atoms with Crippen molar-refractivity contribution in [2.45, 2.75) is 51.4 Å². The van der Waals surface area contributed by atoms with Gasteiger partial charge in [0.25, 0.3) is 5.91 Å². The van der Waals surface area contributed by atoms with Crippen molar-refractivity contribution in [1.82, 2.24) is 19.9 Å². The Hall–Kier alpha value is -4.25. The minimum Gasteiger partial charge on any atom is -0.469 e. The Kier molecular flexibility index (Phi) is 5.73. The standard InChI is InChI=1S/C30H33N7O4/c1-17-5-10-22(31-13-17)33-28(39)32-19-8-6-18(7-9-19)24-23-25(41-29(2,3)15-36(4)26(23)38)35-27(34-24)37-14-21-30(16-37)12-11-20(30)40-21/h5-10,13,20-21H,11-12,14-16H2,1-4H3,(H2,31,32,33,39). The maximum Gasteiger partial charge on any atom is 0.324 e. The van der Waals surface area contributed by atoms with Gasteiger partial charge in [-0.3, -0.25) is 10.1 Å². The fraction of sp³-hybridized carbons (Fsp3) is 0.433. The zero-order valence-electron chi connectivity index (χ0n) is 23.6. The second kappa shape index (κ2) is 9.13. The summed E-state index contributed by atoms with van der Waals surface area (Å²) in [4.78, 5) is 44.0. The quantitative estimate of drug-likeness (QED) is 0.494. The molecule has 0 radical (unpaired) electrons. The van der Waals surface area contributed by atoms with E-state index in [4.69, 9.17) is 19.4 Å². The smallest absolute Gasteiger partial charge is 0.324 e. The molecule has 1 aliphatic carbocycles. The lowest BCUT2D eigenvalue weighted by molar-refractivity contribution is -0.279. The van der Waals surface area contributed by atoms with Gasteiger partial charge in [0.1, 0.15) is 17.0 Å². The van der Waals surface area contributed by atoms with E-state index in [1.165, 1.54) is 0 Å². The van der Waals surface area contributed by atoms with Crippen molar-refractivity contribution < 1.29 is 19.1 Å². The summed E-state index contributed by atoms with van der Waals surface area (Å²) in [5.74, 6) is 1.10. The van der Waals surface area contributed by atoms with Gasteiger partial charge in [0.05, 0.1) is 24.4 Å².